The van der Waals surface area contributed by atoms with Crippen LogP contribution in [-0.4, -0.2) is 22.1 Å². The van der Waals surface area contributed by atoms with E-state index in [9.17, 15) is 9.59 Å². The van der Waals surface area contributed by atoms with E-state index in [4.69, 9.17) is 9.84 Å². The smallest absolute Gasteiger partial charge is 0.410 e. The number of carboxylic acids is 1. The third kappa shape index (κ3) is 2.93. The summed E-state index contributed by atoms with van der Waals surface area (Å²) >= 11 is 0. The number of carboxylic acid groups (broad SMARTS) is 1. The molecule has 5 nitrogen and oxygen atoms in total. The molecule has 0 atom stereocenters. The van der Waals surface area contributed by atoms with Crippen LogP contribution in [0.1, 0.15) is 27.0 Å². The van der Waals surface area contributed by atoms with E-state index < -0.39 is 12.1 Å². The maximum atomic E-state index is 12.1. The van der Waals surface area contributed by atoms with Gasteiger partial charge in [-0.05, 0) is 28.8 Å². The van der Waals surface area contributed by atoms with Crippen molar-refractivity contribution in [1.82, 2.24) is 4.90 Å². The Hall–Kier alpha value is -2.82. The first-order valence-electron chi connectivity index (χ1n) is 6.94. The normalized spacial score (nSPS) is 12.8. The Balaban J connectivity index is 1.62. The molecule has 2 aromatic carbocycles. The topological polar surface area (TPSA) is 66.8 Å². The molecular weight excluding hydrogens is 282 g/mol. The highest BCUT2D eigenvalue weighted by Crippen LogP contribution is 2.24. The zero-order chi connectivity index (χ0) is 15.5. The van der Waals surface area contributed by atoms with Gasteiger partial charge in [-0.3, -0.25) is 4.90 Å². The van der Waals surface area contributed by atoms with Crippen molar-refractivity contribution in [2.24, 2.45) is 0 Å². The fourth-order valence-corrected chi connectivity index (χ4v) is 2.47. The Morgan fingerprint density at radius 1 is 1.05 bits per heavy atom. The molecule has 2 aromatic rings. The van der Waals surface area contributed by atoms with Crippen molar-refractivity contribution < 1.29 is 19.4 Å². The standard InChI is InChI=1S/C17H15NO4/c19-16(20)13-6-7-14-9-18(10-15(14)8-13)17(21)22-11-12-4-2-1-3-5-12/h1-8H,9-11H2,(H,19,20). The second-order valence-corrected chi connectivity index (χ2v) is 5.18. The summed E-state index contributed by atoms with van der Waals surface area (Å²) in [5.74, 6) is -0.965. The summed E-state index contributed by atoms with van der Waals surface area (Å²) in [6.07, 6.45) is -0.392. The van der Waals surface area contributed by atoms with E-state index in [0.29, 0.717) is 13.1 Å². The number of rotatable bonds is 3. The monoisotopic (exact) mass is 297 g/mol. The van der Waals surface area contributed by atoms with Crippen LogP contribution in [0.25, 0.3) is 0 Å². The quantitative estimate of drug-likeness (QED) is 0.945. The van der Waals surface area contributed by atoms with Crippen LogP contribution in [0.4, 0.5) is 4.79 Å². The van der Waals surface area contributed by atoms with Crippen LogP contribution in [-0.2, 0) is 24.4 Å². The molecule has 1 heterocycles. The summed E-state index contributed by atoms with van der Waals surface area (Å²) < 4.78 is 5.29. The van der Waals surface area contributed by atoms with Crippen LogP contribution < -0.4 is 0 Å². The third-order valence-corrected chi connectivity index (χ3v) is 3.64. The first-order valence-corrected chi connectivity index (χ1v) is 6.94. The number of nitrogens with zero attached hydrogens (tertiary/aromatic N) is 1. The molecule has 22 heavy (non-hydrogen) atoms. The second kappa shape index (κ2) is 5.89. The summed E-state index contributed by atoms with van der Waals surface area (Å²) in [5, 5.41) is 9.00. The molecule has 0 saturated carbocycles. The Kier molecular flexibility index (Phi) is 3.78. The minimum absolute atomic E-state index is 0.229. The maximum absolute atomic E-state index is 12.1. The van der Waals surface area contributed by atoms with Crippen molar-refractivity contribution in [3.8, 4) is 0 Å². The number of amides is 1. The second-order valence-electron chi connectivity index (χ2n) is 5.18. The molecule has 5 heteroatoms. The van der Waals surface area contributed by atoms with Gasteiger partial charge < -0.3 is 9.84 Å². The highest BCUT2D eigenvalue weighted by atomic mass is 16.6. The summed E-state index contributed by atoms with van der Waals surface area (Å²) in [6.45, 7) is 1.06. The maximum Gasteiger partial charge on any atom is 0.410 e. The summed E-state index contributed by atoms with van der Waals surface area (Å²) in [5.41, 5.74) is 2.98. The van der Waals surface area contributed by atoms with Crippen molar-refractivity contribution in [1.29, 1.82) is 0 Å². The number of carbonyl (C=O) groups is 2. The predicted molar refractivity (Wildman–Crippen MR) is 79.3 cm³/mol. The Morgan fingerprint density at radius 3 is 2.50 bits per heavy atom. The molecule has 112 valence electrons. The third-order valence-electron chi connectivity index (χ3n) is 3.64. The first kappa shape index (κ1) is 14.1. The minimum atomic E-state index is -0.965. The lowest BCUT2D eigenvalue weighted by atomic mass is 10.1. The highest BCUT2D eigenvalue weighted by molar-refractivity contribution is 5.88. The molecule has 1 amide bonds. The molecule has 0 saturated heterocycles. The molecule has 0 fully saturated rings. The summed E-state index contributed by atoms with van der Waals surface area (Å²) in [4.78, 5) is 24.6. The number of carbonyl (C=O) groups excluding carboxylic acids is 1. The van der Waals surface area contributed by atoms with Crippen molar-refractivity contribution in [3.63, 3.8) is 0 Å². The molecule has 1 aliphatic heterocycles. The van der Waals surface area contributed by atoms with Gasteiger partial charge in [-0.1, -0.05) is 36.4 Å². The van der Waals surface area contributed by atoms with E-state index in [2.05, 4.69) is 0 Å². The number of ether oxygens (including phenoxy) is 1. The summed E-state index contributed by atoms with van der Waals surface area (Å²) in [7, 11) is 0. The lowest BCUT2D eigenvalue weighted by Gasteiger charge is -2.15. The van der Waals surface area contributed by atoms with Gasteiger partial charge in [0.1, 0.15) is 6.61 Å². The fraction of sp³-hybridized carbons (Fsp3) is 0.176. The van der Waals surface area contributed by atoms with E-state index in [1.807, 2.05) is 30.3 Å². The Morgan fingerprint density at radius 2 is 1.77 bits per heavy atom. The van der Waals surface area contributed by atoms with Crippen molar-refractivity contribution in [2.75, 3.05) is 0 Å². The average Bonchev–Trinajstić information content (AvgIpc) is 2.96. The molecule has 3 rings (SSSR count). The zero-order valence-electron chi connectivity index (χ0n) is 11.9. The van der Waals surface area contributed by atoms with Gasteiger partial charge in [0.2, 0.25) is 0 Å². The Bertz CT molecular complexity index is 712. The van der Waals surface area contributed by atoms with Crippen LogP contribution in [0.15, 0.2) is 48.5 Å². The molecule has 0 aromatic heterocycles. The zero-order valence-corrected chi connectivity index (χ0v) is 11.9. The molecule has 1 aliphatic rings. The number of fused-ring (bicyclic) bond motifs is 1. The molecule has 0 radical (unpaired) electrons. The lowest BCUT2D eigenvalue weighted by Crippen LogP contribution is -2.25. The van der Waals surface area contributed by atoms with Crippen LogP contribution in [0.5, 0.6) is 0 Å². The molecule has 0 unspecified atom stereocenters. The molecular formula is C17H15NO4. The number of hydrogen-bond donors (Lipinski definition) is 1. The van der Waals surface area contributed by atoms with Crippen LogP contribution in [0.3, 0.4) is 0 Å². The van der Waals surface area contributed by atoms with Gasteiger partial charge >= 0.3 is 12.1 Å². The van der Waals surface area contributed by atoms with Crippen molar-refractivity contribution in [3.05, 3.63) is 70.8 Å². The number of benzene rings is 2. The van der Waals surface area contributed by atoms with Gasteiger partial charge in [0.15, 0.2) is 0 Å². The van der Waals surface area contributed by atoms with Gasteiger partial charge in [-0.2, -0.15) is 0 Å². The highest BCUT2D eigenvalue weighted by Gasteiger charge is 2.25. The predicted octanol–water partition coefficient (Wildman–Crippen LogP) is 3.04. The van der Waals surface area contributed by atoms with Crippen LogP contribution in [0, 0.1) is 0 Å². The lowest BCUT2D eigenvalue weighted by molar-refractivity contribution is 0.0696. The van der Waals surface area contributed by atoms with Gasteiger partial charge in [-0.15, -0.1) is 0 Å². The van der Waals surface area contributed by atoms with Gasteiger partial charge in [0.05, 0.1) is 5.56 Å². The molecule has 0 bridgehead atoms. The minimum Gasteiger partial charge on any atom is -0.478 e. The van der Waals surface area contributed by atoms with Crippen LogP contribution >= 0.6 is 0 Å². The number of hydrogen-bond acceptors (Lipinski definition) is 3. The largest absolute Gasteiger partial charge is 0.478 e. The first-order chi connectivity index (χ1) is 10.6. The fourth-order valence-electron chi connectivity index (χ4n) is 2.47. The number of aromatic carboxylic acids is 1. The van der Waals surface area contributed by atoms with Gasteiger partial charge in [0, 0.05) is 13.1 Å². The average molecular weight is 297 g/mol. The molecule has 0 aliphatic carbocycles. The van der Waals surface area contributed by atoms with Gasteiger partial charge in [-0.25, -0.2) is 9.59 Å². The van der Waals surface area contributed by atoms with E-state index in [-0.39, 0.29) is 12.2 Å². The van der Waals surface area contributed by atoms with E-state index in [0.717, 1.165) is 16.7 Å². The SMILES string of the molecule is O=C(O)c1ccc2c(c1)CN(C(=O)OCc1ccccc1)C2. The van der Waals surface area contributed by atoms with E-state index in [1.54, 1.807) is 23.1 Å². The van der Waals surface area contributed by atoms with Crippen LogP contribution in [0.2, 0.25) is 0 Å². The Labute approximate surface area is 127 Å². The van der Waals surface area contributed by atoms with E-state index >= 15 is 0 Å². The molecule has 0 spiro atoms. The summed E-state index contributed by atoms with van der Waals surface area (Å²) in [6, 6.07) is 14.4. The van der Waals surface area contributed by atoms with Crippen molar-refractivity contribution in [2.45, 2.75) is 19.7 Å². The van der Waals surface area contributed by atoms with E-state index in [1.165, 1.54) is 0 Å². The van der Waals surface area contributed by atoms with Crippen molar-refractivity contribution >= 4 is 12.1 Å². The molecule has 1 N–H and O–H groups in total. The van der Waals surface area contributed by atoms with Gasteiger partial charge in [0.25, 0.3) is 0 Å².